The summed E-state index contributed by atoms with van der Waals surface area (Å²) in [5.41, 5.74) is 2.86. The Morgan fingerprint density at radius 1 is 1.26 bits per heavy atom. The van der Waals surface area contributed by atoms with E-state index in [0.29, 0.717) is 18.9 Å². The standard InChI is InChI=1S/C21H29N3O3/c1-21(2,3)27-20(26)23-10-8-17(13-23)14-24-15-19(12-22-24)18-6-4-16(5-7-18)9-11-25/h4-7,12,15,17,25H,8-11,13-14H2,1-3H3. The number of rotatable bonds is 5. The minimum Gasteiger partial charge on any atom is -0.444 e. The van der Waals surface area contributed by atoms with E-state index in [1.165, 1.54) is 0 Å². The van der Waals surface area contributed by atoms with E-state index in [1.54, 1.807) is 4.90 Å². The van der Waals surface area contributed by atoms with E-state index in [0.717, 1.165) is 36.2 Å². The highest BCUT2D eigenvalue weighted by Gasteiger charge is 2.30. The van der Waals surface area contributed by atoms with Gasteiger partial charge < -0.3 is 14.7 Å². The van der Waals surface area contributed by atoms with E-state index < -0.39 is 5.60 Å². The number of ether oxygens (including phenoxy) is 1. The van der Waals surface area contributed by atoms with E-state index in [4.69, 9.17) is 9.84 Å². The molecule has 2 aromatic rings. The third kappa shape index (κ3) is 5.32. The van der Waals surface area contributed by atoms with Crippen LogP contribution in [0.1, 0.15) is 32.8 Å². The summed E-state index contributed by atoms with van der Waals surface area (Å²) in [4.78, 5) is 14.0. The van der Waals surface area contributed by atoms with Crippen LogP contribution in [-0.2, 0) is 17.7 Å². The minimum absolute atomic E-state index is 0.166. The van der Waals surface area contributed by atoms with Crippen LogP contribution in [0.15, 0.2) is 36.7 Å². The van der Waals surface area contributed by atoms with Crippen molar-refractivity contribution in [3.63, 3.8) is 0 Å². The second kappa shape index (κ2) is 8.13. The van der Waals surface area contributed by atoms with E-state index >= 15 is 0 Å². The van der Waals surface area contributed by atoms with Crippen molar-refractivity contribution in [1.29, 1.82) is 0 Å². The lowest BCUT2D eigenvalue weighted by Crippen LogP contribution is -2.35. The van der Waals surface area contributed by atoms with Crippen molar-refractivity contribution in [3.05, 3.63) is 42.2 Å². The number of aliphatic hydroxyl groups is 1. The Bertz CT molecular complexity index is 762. The van der Waals surface area contributed by atoms with Gasteiger partial charge in [-0.05, 0) is 50.7 Å². The molecule has 1 fully saturated rings. The first-order valence-corrected chi connectivity index (χ1v) is 9.54. The molecule has 0 bridgehead atoms. The molecule has 1 aliphatic heterocycles. The molecule has 1 aromatic carbocycles. The van der Waals surface area contributed by atoms with Crippen molar-refractivity contribution in [2.45, 2.75) is 45.8 Å². The average molecular weight is 371 g/mol. The molecule has 0 radical (unpaired) electrons. The molecule has 1 saturated heterocycles. The Kier molecular flexibility index (Phi) is 5.85. The number of aliphatic hydroxyl groups excluding tert-OH is 1. The molecular formula is C21H29N3O3. The quantitative estimate of drug-likeness (QED) is 0.875. The largest absolute Gasteiger partial charge is 0.444 e. The monoisotopic (exact) mass is 371 g/mol. The first-order valence-electron chi connectivity index (χ1n) is 9.54. The van der Waals surface area contributed by atoms with Gasteiger partial charge in [0.15, 0.2) is 0 Å². The lowest BCUT2D eigenvalue weighted by atomic mass is 10.1. The second-order valence-corrected chi connectivity index (χ2v) is 8.20. The van der Waals surface area contributed by atoms with Gasteiger partial charge >= 0.3 is 6.09 Å². The maximum atomic E-state index is 12.2. The first kappa shape index (κ1) is 19.4. The fraction of sp³-hybridized carbons (Fsp3) is 0.524. The van der Waals surface area contributed by atoms with Crippen LogP contribution in [0.2, 0.25) is 0 Å². The molecule has 0 spiro atoms. The van der Waals surface area contributed by atoms with Crippen molar-refractivity contribution in [2.75, 3.05) is 19.7 Å². The summed E-state index contributed by atoms with van der Waals surface area (Å²) in [7, 11) is 0. The third-order valence-electron chi connectivity index (χ3n) is 4.70. The number of nitrogens with zero attached hydrogens (tertiary/aromatic N) is 3. The number of likely N-dealkylation sites (tertiary alicyclic amines) is 1. The number of aromatic nitrogens is 2. The third-order valence-corrected chi connectivity index (χ3v) is 4.70. The van der Waals surface area contributed by atoms with Crippen LogP contribution in [0.25, 0.3) is 11.1 Å². The molecule has 1 unspecified atom stereocenters. The topological polar surface area (TPSA) is 67.6 Å². The summed E-state index contributed by atoms with van der Waals surface area (Å²) < 4.78 is 7.42. The van der Waals surface area contributed by atoms with E-state index in [9.17, 15) is 4.79 Å². The lowest BCUT2D eigenvalue weighted by Gasteiger charge is -2.24. The van der Waals surface area contributed by atoms with Crippen molar-refractivity contribution in [2.24, 2.45) is 5.92 Å². The maximum Gasteiger partial charge on any atom is 0.410 e. The molecule has 1 aromatic heterocycles. The van der Waals surface area contributed by atoms with Crippen molar-refractivity contribution < 1.29 is 14.6 Å². The molecular weight excluding hydrogens is 342 g/mol. The van der Waals surface area contributed by atoms with Gasteiger partial charge in [-0.1, -0.05) is 24.3 Å². The summed E-state index contributed by atoms with van der Waals surface area (Å²) >= 11 is 0. The fourth-order valence-electron chi connectivity index (χ4n) is 3.34. The van der Waals surface area contributed by atoms with Crippen LogP contribution >= 0.6 is 0 Å². The van der Waals surface area contributed by atoms with Crippen molar-refractivity contribution >= 4 is 6.09 Å². The maximum absolute atomic E-state index is 12.2. The van der Waals surface area contributed by atoms with Crippen LogP contribution in [0.4, 0.5) is 4.79 Å². The number of benzene rings is 1. The molecule has 146 valence electrons. The Labute approximate surface area is 160 Å². The molecule has 27 heavy (non-hydrogen) atoms. The normalized spacial score (nSPS) is 17.3. The second-order valence-electron chi connectivity index (χ2n) is 8.20. The molecule has 3 rings (SSSR count). The van der Waals surface area contributed by atoms with Gasteiger partial charge in [0.25, 0.3) is 0 Å². The average Bonchev–Trinajstić information content (AvgIpc) is 3.24. The van der Waals surface area contributed by atoms with Gasteiger partial charge in [-0.3, -0.25) is 4.68 Å². The minimum atomic E-state index is -0.460. The highest BCUT2D eigenvalue weighted by Crippen LogP contribution is 2.23. The molecule has 1 amide bonds. The van der Waals surface area contributed by atoms with Gasteiger partial charge in [-0.15, -0.1) is 0 Å². The van der Waals surface area contributed by atoms with E-state index in [2.05, 4.69) is 23.4 Å². The molecule has 2 heterocycles. The van der Waals surface area contributed by atoms with Crippen LogP contribution in [0.3, 0.4) is 0 Å². The Morgan fingerprint density at radius 3 is 2.67 bits per heavy atom. The first-order chi connectivity index (χ1) is 12.8. The Balaban J connectivity index is 1.56. The fourth-order valence-corrected chi connectivity index (χ4v) is 3.34. The van der Waals surface area contributed by atoms with Crippen LogP contribution in [0, 0.1) is 5.92 Å². The van der Waals surface area contributed by atoms with E-state index in [-0.39, 0.29) is 12.7 Å². The van der Waals surface area contributed by atoms with Gasteiger partial charge in [0.1, 0.15) is 5.60 Å². The Morgan fingerprint density at radius 2 is 2.00 bits per heavy atom. The van der Waals surface area contributed by atoms with Crippen LogP contribution in [-0.4, -0.2) is 51.2 Å². The van der Waals surface area contributed by atoms with E-state index in [1.807, 2.05) is 43.8 Å². The number of amides is 1. The van der Waals surface area contributed by atoms with Gasteiger partial charge in [-0.2, -0.15) is 5.10 Å². The molecule has 1 N–H and O–H groups in total. The zero-order valence-electron chi connectivity index (χ0n) is 16.4. The molecule has 6 nitrogen and oxygen atoms in total. The van der Waals surface area contributed by atoms with Gasteiger partial charge in [0, 0.05) is 38.0 Å². The summed E-state index contributed by atoms with van der Waals surface area (Å²) in [6, 6.07) is 8.20. The summed E-state index contributed by atoms with van der Waals surface area (Å²) in [6.45, 7) is 8.07. The summed E-state index contributed by atoms with van der Waals surface area (Å²) in [6.07, 6.45) is 5.34. The molecule has 0 saturated carbocycles. The number of carbonyl (C=O) groups excluding carboxylic acids is 1. The molecule has 0 aliphatic carbocycles. The summed E-state index contributed by atoms with van der Waals surface area (Å²) in [5.74, 6) is 0.386. The predicted octanol–water partition coefficient (Wildman–Crippen LogP) is 3.34. The van der Waals surface area contributed by atoms with Crippen LogP contribution in [0.5, 0.6) is 0 Å². The number of hydrogen-bond acceptors (Lipinski definition) is 4. The zero-order valence-corrected chi connectivity index (χ0v) is 16.4. The molecule has 6 heteroatoms. The van der Waals surface area contributed by atoms with Crippen LogP contribution < -0.4 is 0 Å². The predicted molar refractivity (Wildman–Crippen MR) is 104 cm³/mol. The van der Waals surface area contributed by atoms with Gasteiger partial charge in [0.05, 0.1) is 6.20 Å². The van der Waals surface area contributed by atoms with Crippen molar-refractivity contribution in [3.8, 4) is 11.1 Å². The molecule has 1 atom stereocenters. The number of hydrogen-bond donors (Lipinski definition) is 1. The van der Waals surface area contributed by atoms with Crippen molar-refractivity contribution in [1.82, 2.24) is 14.7 Å². The lowest BCUT2D eigenvalue weighted by molar-refractivity contribution is 0.0286. The zero-order chi connectivity index (χ0) is 19.4. The Hall–Kier alpha value is -2.34. The van der Waals surface area contributed by atoms with Gasteiger partial charge in [-0.25, -0.2) is 4.79 Å². The highest BCUT2D eigenvalue weighted by atomic mass is 16.6. The SMILES string of the molecule is CC(C)(C)OC(=O)N1CCC(Cn2cc(-c3ccc(CCO)cc3)cn2)C1. The number of carbonyl (C=O) groups is 1. The molecule has 1 aliphatic rings. The smallest absolute Gasteiger partial charge is 0.410 e. The highest BCUT2D eigenvalue weighted by molar-refractivity contribution is 5.68. The summed E-state index contributed by atoms with van der Waals surface area (Å²) in [5, 5.41) is 13.5. The van der Waals surface area contributed by atoms with Gasteiger partial charge in [0.2, 0.25) is 0 Å².